The van der Waals surface area contributed by atoms with Crippen molar-refractivity contribution in [2.45, 2.75) is 51.0 Å². The number of ether oxygens (including phenoxy) is 1. The van der Waals surface area contributed by atoms with E-state index in [9.17, 15) is 14.3 Å². The van der Waals surface area contributed by atoms with Crippen LogP contribution in [0, 0.1) is 5.82 Å². The minimum Gasteiger partial charge on any atom is -0.489 e. The number of nitrogens with one attached hydrogen (secondary N) is 3. The van der Waals surface area contributed by atoms with Crippen LogP contribution in [0.3, 0.4) is 0 Å². The first-order chi connectivity index (χ1) is 17.5. The molecule has 1 unspecified atom stereocenters. The van der Waals surface area contributed by atoms with Crippen molar-refractivity contribution < 1.29 is 19.0 Å². The monoisotopic (exact) mass is 494 g/mol. The smallest absolute Gasteiger partial charge is 0.251 e. The molecule has 2 aromatic heterocycles. The minimum atomic E-state index is -0.773. The first-order valence-corrected chi connectivity index (χ1v) is 12.4. The molecule has 3 heterocycles. The Balaban J connectivity index is 1.10. The van der Waals surface area contributed by atoms with E-state index in [2.05, 4.69) is 25.8 Å². The molecule has 3 aromatic rings. The Kier molecular flexibility index (Phi) is 7.43. The number of carbonyl (C=O) groups is 1. The van der Waals surface area contributed by atoms with Gasteiger partial charge >= 0.3 is 0 Å². The number of aromatic amines is 1. The van der Waals surface area contributed by atoms with Gasteiger partial charge in [0.1, 0.15) is 24.0 Å². The third-order valence-electron chi connectivity index (χ3n) is 6.75. The second-order valence-corrected chi connectivity index (χ2v) is 9.49. The van der Waals surface area contributed by atoms with E-state index in [0.717, 1.165) is 24.0 Å². The summed E-state index contributed by atoms with van der Waals surface area (Å²) < 4.78 is 20.5. The van der Waals surface area contributed by atoms with E-state index in [0.29, 0.717) is 61.4 Å². The minimum absolute atomic E-state index is 0.110. The average molecular weight is 495 g/mol. The number of hydrogen-bond acceptors (Lipinski definition) is 7. The fourth-order valence-corrected chi connectivity index (χ4v) is 4.50. The number of pyridine rings is 1. The number of rotatable bonds is 10. The molecule has 0 bridgehead atoms. The van der Waals surface area contributed by atoms with Gasteiger partial charge in [0, 0.05) is 67.4 Å². The first kappa shape index (κ1) is 24.2. The number of anilines is 1. The lowest BCUT2D eigenvalue weighted by Gasteiger charge is -2.31. The molecule has 5 rings (SSSR count). The van der Waals surface area contributed by atoms with Crippen molar-refractivity contribution in [2.24, 2.45) is 0 Å². The zero-order chi connectivity index (χ0) is 24.9. The third-order valence-corrected chi connectivity index (χ3v) is 6.75. The average Bonchev–Trinajstić information content (AvgIpc) is 3.38. The number of aliphatic hydroxyl groups is 1. The van der Waals surface area contributed by atoms with Gasteiger partial charge < -0.3 is 20.5 Å². The lowest BCUT2D eigenvalue weighted by molar-refractivity contribution is 0.0839. The standard InChI is InChI=1S/C26H31FN6O3/c27-24-10-22(36-16-17-11-30-31-12-17)8-18-5-7-33(15-23(18)24)14-21(34)13-29-26(35)19-4-6-28-25(9-19)32-20-2-1-3-20/h4,6,8-12,20-21,34H,1-3,5,7,13-16H2,(H,28,32)(H,29,35)(H,30,31). The predicted molar refractivity (Wildman–Crippen MR) is 132 cm³/mol. The SMILES string of the molecule is O=C(NCC(O)CN1CCc2cc(OCc3cn[nH]c3)cc(F)c2C1)c1ccnc(NC2CCC2)c1. The second kappa shape index (κ2) is 11.0. The van der Waals surface area contributed by atoms with Crippen LogP contribution in [0.5, 0.6) is 5.75 Å². The molecule has 1 aliphatic heterocycles. The number of aliphatic hydroxyl groups excluding tert-OH is 1. The molecule has 1 saturated carbocycles. The number of amides is 1. The highest BCUT2D eigenvalue weighted by atomic mass is 19.1. The maximum absolute atomic E-state index is 14.8. The molecule has 0 spiro atoms. The van der Waals surface area contributed by atoms with Gasteiger partial charge in [-0.05, 0) is 49.4 Å². The summed E-state index contributed by atoms with van der Waals surface area (Å²) in [6.07, 6.45) is 8.36. The van der Waals surface area contributed by atoms with Gasteiger partial charge in [0.25, 0.3) is 5.91 Å². The number of benzene rings is 1. The fraction of sp³-hybridized carbons (Fsp3) is 0.423. The highest BCUT2D eigenvalue weighted by molar-refractivity contribution is 5.94. The van der Waals surface area contributed by atoms with Crippen LogP contribution in [0.4, 0.5) is 10.2 Å². The van der Waals surface area contributed by atoms with Crippen molar-refractivity contribution >= 4 is 11.7 Å². The van der Waals surface area contributed by atoms with Crippen LogP contribution in [0.15, 0.2) is 42.9 Å². The molecule has 1 atom stereocenters. The Morgan fingerprint density at radius 1 is 1.33 bits per heavy atom. The highest BCUT2D eigenvalue weighted by Crippen LogP contribution is 2.27. The summed E-state index contributed by atoms with van der Waals surface area (Å²) in [5, 5.41) is 23.3. The van der Waals surface area contributed by atoms with Gasteiger partial charge in [0.15, 0.2) is 0 Å². The number of aromatic nitrogens is 3. The molecule has 1 fully saturated rings. The number of nitrogens with zero attached hydrogens (tertiary/aromatic N) is 3. The number of hydrogen-bond donors (Lipinski definition) is 4. The van der Waals surface area contributed by atoms with Gasteiger partial charge in [-0.3, -0.25) is 14.8 Å². The molecular formula is C26H31FN6O3. The Morgan fingerprint density at radius 2 is 2.22 bits per heavy atom. The zero-order valence-electron chi connectivity index (χ0n) is 20.0. The van der Waals surface area contributed by atoms with Gasteiger partial charge in [-0.25, -0.2) is 9.37 Å². The molecule has 190 valence electrons. The Labute approximate surface area is 209 Å². The second-order valence-electron chi connectivity index (χ2n) is 9.49. The van der Waals surface area contributed by atoms with Crippen molar-refractivity contribution in [3.05, 3.63) is 70.9 Å². The summed E-state index contributed by atoms with van der Waals surface area (Å²) in [4.78, 5) is 18.9. The van der Waals surface area contributed by atoms with Crippen molar-refractivity contribution in [2.75, 3.05) is 25.0 Å². The van der Waals surface area contributed by atoms with Crippen LogP contribution in [-0.4, -0.2) is 62.9 Å². The largest absolute Gasteiger partial charge is 0.489 e. The normalized spacial score (nSPS) is 16.6. The number of β-amino-alcohol motifs (C(OH)–C–C–N with tert-alkyl or cyclic N) is 1. The van der Waals surface area contributed by atoms with E-state index in [-0.39, 0.29) is 18.3 Å². The van der Waals surface area contributed by atoms with Crippen molar-refractivity contribution in [1.29, 1.82) is 0 Å². The summed E-state index contributed by atoms with van der Waals surface area (Å²) >= 11 is 0. The van der Waals surface area contributed by atoms with E-state index >= 15 is 0 Å². The number of halogens is 1. The van der Waals surface area contributed by atoms with Gasteiger partial charge in [-0.1, -0.05) is 0 Å². The quantitative estimate of drug-likeness (QED) is 0.343. The maximum atomic E-state index is 14.8. The number of carbonyl (C=O) groups excluding carboxylic acids is 1. The first-order valence-electron chi connectivity index (χ1n) is 12.4. The van der Waals surface area contributed by atoms with Crippen molar-refractivity contribution in [1.82, 2.24) is 25.4 Å². The zero-order valence-corrected chi connectivity index (χ0v) is 20.0. The molecule has 1 amide bonds. The molecular weight excluding hydrogens is 463 g/mol. The molecule has 36 heavy (non-hydrogen) atoms. The summed E-state index contributed by atoms with van der Waals surface area (Å²) in [7, 11) is 0. The Morgan fingerprint density at radius 3 is 3.00 bits per heavy atom. The lowest BCUT2D eigenvalue weighted by atomic mass is 9.93. The van der Waals surface area contributed by atoms with Crippen LogP contribution in [0.25, 0.3) is 0 Å². The van der Waals surface area contributed by atoms with Crippen LogP contribution in [0.2, 0.25) is 0 Å². The number of H-pyrrole nitrogens is 1. The molecule has 2 aliphatic rings. The van der Waals surface area contributed by atoms with E-state index in [1.807, 2.05) is 11.0 Å². The summed E-state index contributed by atoms with van der Waals surface area (Å²) in [5.74, 6) is 0.611. The Bertz CT molecular complexity index is 1180. The molecule has 1 aliphatic carbocycles. The molecule has 9 nitrogen and oxygen atoms in total. The van der Waals surface area contributed by atoms with Crippen LogP contribution in [-0.2, 0) is 19.6 Å². The molecule has 0 radical (unpaired) electrons. The molecule has 1 aromatic carbocycles. The van der Waals surface area contributed by atoms with Crippen molar-refractivity contribution in [3.8, 4) is 5.75 Å². The van der Waals surface area contributed by atoms with E-state index in [1.54, 1.807) is 30.7 Å². The molecule has 4 N–H and O–H groups in total. The third kappa shape index (κ3) is 6.00. The molecule has 0 saturated heterocycles. The summed E-state index contributed by atoms with van der Waals surface area (Å²) in [6, 6.07) is 7.11. The van der Waals surface area contributed by atoms with E-state index < -0.39 is 6.10 Å². The fourth-order valence-electron chi connectivity index (χ4n) is 4.50. The van der Waals surface area contributed by atoms with Crippen molar-refractivity contribution in [3.63, 3.8) is 0 Å². The lowest BCUT2D eigenvalue weighted by Crippen LogP contribution is -2.42. The van der Waals surface area contributed by atoms with Gasteiger partial charge in [-0.15, -0.1) is 0 Å². The van der Waals surface area contributed by atoms with E-state index in [1.165, 1.54) is 12.5 Å². The van der Waals surface area contributed by atoms with Gasteiger partial charge in [-0.2, -0.15) is 5.10 Å². The van der Waals surface area contributed by atoms with Crippen LogP contribution < -0.4 is 15.4 Å². The molecule has 10 heteroatoms. The van der Waals surface area contributed by atoms with Crippen LogP contribution in [0.1, 0.15) is 46.3 Å². The van der Waals surface area contributed by atoms with E-state index in [4.69, 9.17) is 4.74 Å². The predicted octanol–water partition coefficient (Wildman–Crippen LogP) is 2.64. The maximum Gasteiger partial charge on any atom is 0.251 e. The Hall–Kier alpha value is -3.50. The number of fused-ring (bicyclic) bond motifs is 1. The summed E-state index contributed by atoms with van der Waals surface area (Å²) in [5.41, 5.74) is 2.92. The topological polar surface area (TPSA) is 115 Å². The summed E-state index contributed by atoms with van der Waals surface area (Å²) in [6.45, 7) is 1.84. The highest BCUT2D eigenvalue weighted by Gasteiger charge is 2.23. The van der Waals surface area contributed by atoms with Gasteiger partial charge in [0.05, 0.1) is 12.3 Å². The van der Waals surface area contributed by atoms with Crippen LogP contribution >= 0.6 is 0 Å². The van der Waals surface area contributed by atoms with Gasteiger partial charge in [0.2, 0.25) is 0 Å².